The third kappa shape index (κ3) is 1.44. The average Bonchev–Trinajstić information content (AvgIpc) is 3.09. The largest absolute Gasteiger partial charge is 0.386 e. The summed E-state index contributed by atoms with van der Waals surface area (Å²) in [6, 6.07) is 5.64. The maximum atomic E-state index is 10.2. The highest BCUT2D eigenvalue weighted by atomic mass is 16.3. The van der Waals surface area contributed by atoms with Crippen LogP contribution in [0.1, 0.15) is 18.4 Å². The van der Waals surface area contributed by atoms with Gasteiger partial charge in [0.1, 0.15) is 17.5 Å². The molecule has 0 aromatic carbocycles. The molecule has 1 aromatic heterocycles. The van der Waals surface area contributed by atoms with Crippen molar-refractivity contribution < 1.29 is 5.11 Å². The summed E-state index contributed by atoms with van der Waals surface area (Å²) in [4.78, 5) is 6.26. The Kier molecular flexibility index (Phi) is 1.92. The van der Waals surface area contributed by atoms with Crippen LogP contribution in [0.5, 0.6) is 0 Å². The summed E-state index contributed by atoms with van der Waals surface area (Å²) >= 11 is 0. The van der Waals surface area contributed by atoms with E-state index >= 15 is 0 Å². The zero-order chi connectivity index (χ0) is 11.2. The van der Waals surface area contributed by atoms with Gasteiger partial charge in [0.05, 0.1) is 18.7 Å². The summed E-state index contributed by atoms with van der Waals surface area (Å²) in [6.45, 7) is 1.35. The maximum absolute atomic E-state index is 10.2. The van der Waals surface area contributed by atoms with Crippen LogP contribution in [0.25, 0.3) is 0 Å². The van der Waals surface area contributed by atoms with Crippen LogP contribution >= 0.6 is 0 Å². The Hall–Kier alpha value is -1.60. The number of aromatic nitrogens is 1. The molecular weight excluding hydrogens is 202 g/mol. The summed E-state index contributed by atoms with van der Waals surface area (Å²) in [5.74, 6) is 1.35. The monoisotopic (exact) mass is 215 g/mol. The molecule has 1 N–H and O–H groups in total. The molecule has 2 heterocycles. The van der Waals surface area contributed by atoms with Gasteiger partial charge in [-0.05, 0) is 30.9 Å². The Balaban J connectivity index is 1.69. The van der Waals surface area contributed by atoms with Crippen molar-refractivity contribution in [1.29, 1.82) is 5.26 Å². The molecule has 1 saturated heterocycles. The summed E-state index contributed by atoms with van der Waals surface area (Å²) in [5, 5.41) is 18.8. The smallest absolute Gasteiger partial charge is 0.128 e. The second-order valence-corrected chi connectivity index (χ2v) is 4.75. The average molecular weight is 215 g/mol. The van der Waals surface area contributed by atoms with Crippen LogP contribution in [0.4, 0.5) is 5.82 Å². The van der Waals surface area contributed by atoms with E-state index in [1.165, 1.54) is 0 Å². The summed E-state index contributed by atoms with van der Waals surface area (Å²) < 4.78 is 0. The van der Waals surface area contributed by atoms with Gasteiger partial charge >= 0.3 is 0 Å². The minimum absolute atomic E-state index is 0.477. The number of hydrogen-bond donors (Lipinski definition) is 1. The Bertz CT molecular complexity index is 438. The highest BCUT2D eigenvalue weighted by Gasteiger charge is 2.52. The molecule has 0 radical (unpaired) electrons. The predicted molar refractivity (Wildman–Crippen MR) is 58.8 cm³/mol. The van der Waals surface area contributed by atoms with Gasteiger partial charge in [0.2, 0.25) is 0 Å². The number of nitrogens with zero attached hydrogens (tertiary/aromatic N) is 3. The van der Waals surface area contributed by atoms with E-state index in [1.54, 1.807) is 12.3 Å². The van der Waals surface area contributed by atoms with E-state index in [-0.39, 0.29) is 0 Å². The normalized spacial score (nSPS) is 22.4. The van der Waals surface area contributed by atoms with Gasteiger partial charge in [-0.1, -0.05) is 0 Å². The first kappa shape index (κ1) is 9.61. The lowest BCUT2D eigenvalue weighted by Crippen LogP contribution is -2.63. The second-order valence-electron chi connectivity index (χ2n) is 4.75. The maximum Gasteiger partial charge on any atom is 0.128 e. The number of rotatable bonds is 2. The van der Waals surface area contributed by atoms with Gasteiger partial charge in [0, 0.05) is 6.20 Å². The second kappa shape index (κ2) is 3.19. The molecule has 0 spiro atoms. The number of pyridine rings is 1. The number of β-amino-alcohol motifs (C(OH)–C–C–N with tert-alkyl or cyclic N) is 1. The van der Waals surface area contributed by atoms with E-state index in [9.17, 15) is 5.11 Å². The van der Waals surface area contributed by atoms with Crippen LogP contribution in [-0.4, -0.2) is 28.8 Å². The molecule has 1 aromatic rings. The van der Waals surface area contributed by atoms with Crippen molar-refractivity contribution >= 4 is 5.82 Å². The Morgan fingerprint density at radius 1 is 1.44 bits per heavy atom. The Labute approximate surface area is 94.1 Å². The molecule has 4 heteroatoms. The molecule has 82 valence electrons. The minimum atomic E-state index is -0.477. The molecule has 2 fully saturated rings. The van der Waals surface area contributed by atoms with Crippen molar-refractivity contribution in [3.63, 3.8) is 0 Å². The predicted octanol–water partition coefficient (Wildman–Crippen LogP) is 0.914. The van der Waals surface area contributed by atoms with Crippen LogP contribution in [0.3, 0.4) is 0 Å². The van der Waals surface area contributed by atoms with Gasteiger partial charge in [0.15, 0.2) is 0 Å². The van der Waals surface area contributed by atoms with Crippen LogP contribution in [-0.2, 0) is 0 Å². The molecule has 1 saturated carbocycles. The lowest BCUT2D eigenvalue weighted by Gasteiger charge is -2.47. The van der Waals surface area contributed by atoms with E-state index in [4.69, 9.17) is 5.26 Å². The van der Waals surface area contributed by atoms with Gasteiger partial charge in [-0.3, -0.25) is 0 Å². The van der Waals surface area contributed by atoms with Gasteiger partial charge in [-0.25, -0.2) is 4.98 Å². The van der Waals surface area contributed by atoms with E-state index in [0.29, 0.717) is 24.6 Å². The summed E-state index contributed by atoms with van der Waals surface area (Å²) in [6.07, 6.45) is 3.89. The summed E-state index contributed by atoms with van der Waals surface area (Å²) in [7, 11) is 0. The third-order valence-electron chi connectivity index (χ3n) is 3.47. The first-order chi connectivity index (χ1) is 7.71. The SMILES string of the molecule is N#Cc1ccc(N2CC(O)(C3CC3)C2)nc1. The van der Waals surface area contributed by atoms with E-state index in [2.05, 4.69) is 9.88 Å². The third-order valence-corrected chi connectivity index (χ3v) is 3.47. The molecule has 0 amide bonds. The molecule has 0 atom stereocenters. The number of nitriles is 1. The summed E-state index contributed by atoms with van der Waals surface area (Å²) in [5.41, 5.74) is 0.0944. The van der Waals surface area contributed by atoms with E-state index in [1.807, 2.05) is 12.1 Å². The van der Waals surface area contributed by atoms with Gasteiger partial charge in [-0.2, -0.15) is 5.26 Å². The van der Waals surface area contributed by atoms with Crippen molar-refractivity contribution in [2.24, 2.45) is 5.92 Å². The molecule has 4 nitrogen and oxygen atoms in total. The number of hydrogen-bond acceptors (Lipinski definition) is 4. The Morgan fingerprint density at radius 2 is 2.19 bits per heavy atom. The highest BCUT2D eigenvalue weighted by Crippen LogP contribution is 2.45. The molecule has 1 aliphatic carbocycles. The van der Waals surface area contributed by atoms with Gasteiger partial charge in [0.25, 0.3) is 0 Å². The molecule has 2 aliphatic rings. The fourth-order valence-electron chi connectivity index (χ4n) is 2.29. The Morgan fingerprint density at radius 3 is 2.69 bits per heavy atom. The van der Waals surface area contributed by atoms with Crippen LogP contribution < -0.4 is 4.90 Å². The molecule has 0 bridgehead atoms. The van der Waals surface area contributed by atoms with Gasteiger partial charge in [-0.15, -0.1) is 0 Å². The fraction of sp³-hybridized carbons (Fsp3) is 0.500. The van der Waals surface area contributed by atoms with Crippen molar-refractivity contribution in [3.8, 4) is 6.07 Å². The lowest BCUT2D eigenvalue weighted by atomic mass is 9.89. The van der Waals surface area contributed by atoms with E-state index < -0.39 is 5.60 Å². The van der Waals surface area contributed by atoms with Gasteiger partial charge < -0.3 is 10.0 Å². The van der Waals surface area contributed by atoms with Crippen molar-refractivity contribution in [2.45, 2.75) is 18.4 Å². The molecule has 0 unspecified atom stereocenters. The topological polar surface area (TPSA) is 60.2 Å². The highest BCUT2D eigenvalue weighted by molar-refractivity contribution is 5.46. The van der Waals surface area contributed by atoms with Crippen molar-refractivity contribution in [2.75, 3.05) is 18.0 Å². The van der Waals surface area contributed by atoms with Crippen LogP contribution in [0.15, 0.2) is 18.3 Å². The number of aliphatic hydroxyl groups is 1. The molecular formula is C12H13N3O. The molecule has 1 aliphatic heterocycles. The van der Waals surface area contributed by atoms with Crippen LogP contribution in [0.2, 0.25) is 0 Å². The number of anilines is 1. The zero-order valence-electron chi connectivity index (χ0n) is 8.93. The lowest BCUT2D eigenvalue weighted by molar-refractivity contribution is -0.00973. The molecule has 16 heavy (non-hydrogen) atoms. The fourth-order valence-corrected chi connectivity index (χ4v) is 2.29. The van der Waals surface area contributed by atoms with Crippen LogP contribution in [0, 0.1) is 17.2 Å². The first-order valence-corrected chi connectivity index (χ1v) is 5.55. The zero-order valence-corrected chi connectivity index (χ0v) is 8.93. The van der Waals surface area contributed by atoms with E-state index in [0.717, 1.165) is 18.7 Å². The molecule has 3 rings (SSSR count). The first-order valence-electron chi connectivity index (χ1n) is 5.55. The quantitative estimate of drug-likeness (QED) is 0.796. The standard InChI is InChI=1S/C12H13N3O/c13-5-9-1-4-11(14-6-9)15-7-12(16,8-15)10-2-3-10/h1,4,6,10,16H,2-3,7-8H2. The minimum Gasteiger partial charge on any atom is -0.386 e. The van der Waals surface area contributed by atoms with Crippen molar-refractivity contribution in [1.82, 2.24) is 4.98 Å². The van der Waals surface area contributed by atoms with Crippen molar-refractivity contribution in [3.05, 3.63) is 23.9 Å².